The third kappa shape index (κ3) is 2.61. The number of nitrogens with one attached hydrogen (secondary N) is 1. The molecule has 1 fully saturated rings. The van der Waals surface area contributed by atoms with E-state index in [-0.39, 0.29) is 24.7 Å². The molecule has 0 bridgehead atoms. The minimum atomic E-state index is -4.10. The Bertz CT molecular complexity index is 962. The van der Waals surface area contributed by atoms with Crippen molar-refractivity contribution in [3.05, 3.63) is 17.1 Å². The molecule has 1 aliphatic carbocycles. The Morgan fingerprint density at radius 3 is 2.80 bits per heavy atom. The Labute approximate surface area is 145 Å². The Balaban J connectivity index is 1.71. The molecule has 9 heteroatoms. The first-order valence-electron chi connectivity index (χ1n) is 8.02. The second kappa shape index (κ2) is 5.48. The second-order valence-corrected chi connectivity index (χ2v) is 7.68. The van der Waals surface area contributed by atoms with Crippen molar-refractivity contribution in [2.75, 3.05) is 7.05 Å². The van der Waals surface area contributed by atoms with Crippen molar-refractivity contribution in [3.8, 4) is 0 Å². The normalized spacial score (nSPS) is 21.0. The first kappa shape index (κ1) is 16.4. The third-order valence-electron chi connectivity index (χ3n) is 4.90. The molecular weight excluding hydrogens is 353 g/mol. The van der Waals surface area contributed by atoms with Gasteiger partial charge in [-0.25, -0.2) is 0 Å². The highest BCUT2D eigenvalue weighted by Crippen LogP contribution is 2.46. The quantitative estimate of drug-likeness (QED) is 0.767. The molecule has 0 radical (unpaired) electrons. The molecule has 1 saturated carbocycles. The Morgan fingerprint density at radius 2 is 2.16 bits per heavy atom. The van der Waals surface area contributed by atoms with Crippen LogP contribution in [0.5, 0.6) is 0 Å². The first-order valence-corrected chi connectivity index (χ1v) is 8.83. The summed E-state index contributed by atoms with van der Waals surface area (Å²) in [4.78, 5) is 12.5. The predicted molar refractivity (Wildman–Crippen MR) is 89.7 cm³/mol. The van der Waals surface area contributed by atoms with Gasteiger partial charge in [0.15, 0.2) is 5.65 Å². The van der Waals surface area contributed by atoms with E-state index in [1.165, 1.54) is 11.3 Å². The lowest BCUT2D eigenvalue weighted by molar-refractivity contribution is -0.205. The molecule has 4 rings (SSSR count). The fourth-order valence-corrected chi connectivity index (χ4v) is 4.67. The number of rotatable bonds is 3. The van der Waals surface area contributed by atoms with Crippen LogP contribution in [0.3, 0.4) is 0 Å². The maximum Gasteiger partial charge on any atom is 0.391 e. The number of alkyl halides is 3. The Kier molecular flexibility index (Phi) is 3.61. The fourth-order valence-electron chi connectivity index (χ4n) is 3.56. The number of nitrogens with zero attached hydrogens (tertiary/aromatic N) is 3. The number of thiophene rings is 1. The SMILES string of the molecule is CNC(=O)c1cc2c(s1)c1cn(C)nc1n2CC1CC(C(F)(F)F)C1. The highest BCUT2D eigenvalue weighted by atomic mass is 32.1. The number of hydrogen-bond acceptors (Lipinski definition) is 3. The zero-order chi connectivity index (χ0) is 17.9. The van der Waals surface area contributed by atoms with E-state index in [1.807, 2.05) is 17.8 Å². The summed E-state index contributed by atoms with van der Waals surface area (Å²) in [6, 6.07) is 1.81. The molecule has 0 aliphatic heterocycles. The lowest BCUT2D eigenvalue weighted by Gasteiger charge is -2.36. The molecule has 5 nitrogen and oxygen atoms in total. The van der Waals surface area contributed by atoms with Crippen molar-refractivity contribution in [2.24, 2.45) is 18.9 Å². The zero-order valence-corrected chi connectivity index (χ0v) is 14.5. The van der Waals surface area contributed by atoms with Gasteiger partial charge in [-0.2, -0.15) is 18.3 Å². The molecule has 134 valence electrons. The number of hydrogen-bond donors (Lipinski definition) is 1. The van der Waals surface area contributed by atoms with Gasteiger partial charge in [0.2, 0.25) is 0 Å². The maximum atomic E-state index is 12.7. The molecule has 1 N–H and O–H groups in total. The van der Waals surface area contributed by atoms with Crippen LogP contribution in [0.4, 0.5) is 13.2 Å². The van der Waals surface area contributed by atoms with Gasteiger partial charge in [-0.3, -0.25) is 9.48 Å². The highest BCUT2D eigenvalue weighted by Gasteiger charge is 2.47. The summed E-state index contributed by atoms with van der Waals surface area (Å²) < 4.78 is 42.8. The van der Waals surface area contributed by atoms with Gasteiger partial charge in [0.05, 0.1) is 26.4 Å². The van der Waals surface area contributed by atoms with Crippen LogP contribution in [0, 0.1) is 11.8 Å². The average Bonchev–Trinajstić information content (AvgIpc) is 3.12. The van der Waals surface area contributed by atoms with E-state index in [4.69, 9.17) is 0 Å². The van der Waals surface area contributed by atoms with Gasteiger partial charge in [0.1, 0.15) is 0 Å². The minimum Gasteiger partial charge on any atom is -0.354 e. The molecule has 25 heavy (non-hydrogen) atoms. The summed E-state index contributed by atoms with van der Waals surface area (Å²) >= 11 is 1.38. The van der Waals surface area contributed by atoms with E-state index in [0.29, 0.717) is 11.4 Å². The molecular formula is C16H17F3N4OS. The van der Waals surface area contributed by atoms with Crippen molar-refractivity contribution in [3.63, 3.8) is 0 Å². The van der Waals surface area contributed by atoms with Gasteiger partial charge in [-0.1, -0.05) is 0 Å². The monoisotopic (exact) mass is 370 g/mol. The molecule has 1 aliphatic rings. The van der Waals surface area contributed by atoms with E-state index in [2.05, 4.69) is 10.4 Å². The number of carbonyl (C=O) groups excluding carboxylic acids is 1. The van der Waals surface area contributed by atoms with Crippen LogP contribution in [-0.4, -0.2) is 33.5 Å². The van der Waals surface area contributed by atoms with Crippen LogP contribution in [0.15, 0.2) is 12.3 Å². The van der Waals surface area contributed by atoms with Crippen molar-refractivity contribution in [2.45, 2.75) is 25.6 Å². The largest absolute Gasteiger partial charge is 0.391 e. The lowest BCUT2D eigenvalue weighted by atomic mass is 9.74. The van der Waals surface area contributed by atoms with Crippen molar-refractivity contribution in [1.82, 2.24) is 19.7 Å². The topological polar surface area (TPSA) is 51.9 Å². The average molecular weight is 370 g/mol. The number of aryl methyl sites for hydroxylation is 1. The number of carbonyl (C=O) groups is 1. The smallest absolute Gasteiger partial charge is 0.354 e. The zero-order valence-electron chi connectivity index (χ0n) is 13.7. The molecule has 3 aromatic rings. The summed E-state index contributed by atoms with van der Waals surface area (Å²) in [5.74, 6) is -1.37. The molecule has 0 unspecified atom stereocenters. The highest BCUT2D eigenvalue weighted by molar-refractivity contribution is 7.21. The minimum absolute atomic E-state index is 0.0178. The van der Waals surface area contributed by atoms with E-state index in [0.717, 1.165) is 21.3 Å². The summed E-state index contributed by atoms with van der Waals surface area (Å²) in [7, 11) is 3.39. The van der Waals surface area contributed by atoms with Crippen molar-refractivity contribution >= 4 is 38.5 Å². The molecule has 3 heterocycles. The van der Waals surface area contributed by atoms with Gasteiger partial charge < -0.3 is 9.88 Å². The predicted octanol–water partition coefficient (Wildman–Crippen LogP) is 3.54. The van der Waals surface area contributed by atoms with Crippen molar-refractivity contribution < 1.29 is 18.0 Å². The van der Waals surface area contributed by atoms with Crippen LogP contribution in [0.2, 0.25) is 0 Å². The fraction of sp³-hybridized carbons (Fsp3) is 0.500. The number of halogens is 3. The van der Waals surface area contributed by atoms with Gasteiger partial charge >= 0.3 is 6.18 Å². The van der Waals surface area contributed by atoms with Gasteiger partial charge in [0.25, 0.3) is 5.91 Å². The lowest BCUT2D eigenvalue weighted by Crippen LogP contribution is -2.37. The van der Waals surface area contributed by atoms with E-state index in [9.17, 15) is 18.0 Å². The standard InChI is InChI=1S/C16H17F3N4OS/c1-20-15(24)12-5-11-13(25-12)10-7-22(2)21-14(10)23(11)6-8-3-9(4-8)16(17,18)19/h5,7-9H,3-4,6H2,1-2H3,(H,20,24). The number of fused-ring (bicyclic) bond motifs is 3. The van der Waals surface area contributed by atoms with Crippen molar-refractivity contribution in [1.29, 1.82) is 0 Å². The Hall–Kier alpha value is -2.03. The van der Waals surface area contributed by atoms with Crippen LogP contribution >= 0.6 is 11.3 Å². The molecule has 0 saturated heterocycles. The van der Waals surface area contributed by atoms with Crippen LogP contribution in [-0.2, 0) is 13.6 Å². The summed E-state index contributed by atoms with van der Waals surface area (Å²) in [6.07, 6.45) is -1.90. The first-order chi connectivity index (χ1) is 11.8. The van der Waals surface area contributed by atoms with Crippen LogP contribution < -0.4 is 5.32 Å². The molecule has 3 aromatic heterocycles. The number of amides is 1. The van der Waals surface area contributed by atoms with Crippen LogP contribution in [0.25, 0.3) is 21.3 Å². The number of aromatic nitrogens is 3. The van der Waals surface area contributed by atoms with Gasteiger partial charge in [-0.15, -0.1) is 11.3 Å². The van der Waals surface area contributed by atoms with Gasteiger partial charge in [-0.05, 0) is 24.8 Å². The maximum absolute atomic E-state index is 12.7. The van der Waals surface area contributed by atoms with E-state index >= 15 is 0 Å². The molecule has 0 spiro atoms. The van der Waals surface area contributed by atoms with E-state index in [1.54, 1.807) is 17.8 Å². The second-order valence-electron chi connectivity index (χ2n) is 6.63. The summed E-state index contributed by atoms with van der Waals surface area (Å²) in [6.45, 7) is 0.494. The van der Waals surface area contributed by atoms with Crippen LogP contribution in [0.1, 0.15) is 22.5 Å². The third-order valence-corrected chi connectivity index (χ3v) is 6.06. The molecule has 0 aromatic carbocycles. The summed E-state index contributed by atoms with van der Waals surface area (Å²) in [5.41, 5.74) is 1.64. The van der Waals surface area contributed by atoms with Gasteiger partial charge in [0, 0.05) is 26.8 Å². The molecule has 0 atom stereocenters. The van der Waals surface area contributed by atoms with E-state index < -0.39 is 12.1 Å². The molecule has 1 amide bonds. The Morgan fingerprint density at radius 1 is 1.44 bits per heavy atom. The summed E-state index contributed by atoms with van der Waals surface area (Å²) in [5, 5.41) is 8.00.